The average molecular weight is 600 g/mol. The second kappa shape index (κ2) is 7.91. The van der Waals surface area contributed by atoms with Crippen LogP contribution in [0.5, 0.6) is 0 Å². The van der Waals surface area contributed by atoms with E-state index in [9.17, 15) is 87.8 Å². The monoisotopic (exact) mass is 600 g/mol. The van der Waals surface area contributed by atoms with Crippen LogP contribution in [-0.2, 0) is 0 Å². The summed E-state index contributed by atoms with van der Waals surface area (Å²) >= 11 is 0. The number of hydrogen-bond donors (Lipinski definition) is 0. The van der Waals surface area contributed by atoms with E-state index >= 15 is 0 Å². The van der Waals surface area contributed by atoms with Gasteiger partial charge >= 0.3 is 47.4 Å². The van der Waals surface area contributed by atoms with E-state index in [1.807, 2.05) is 0 Å². The van der Waals surface area contributed by atoms with E-state index in [1.54, 1.807) is 0 Å². The predicted octanol–water partition coefficient (Wildman–Crippen LogP) is 10.2. The van der Waals surface area contributed by atoms with Gasteiger partial charge in [-0.05, 0) is 0 Å². The second-order valence-electron chi connectivity index (χ2n) is 5.31. The summed E-state index contributed by atoms with van der Waals surface area (Å²) < 4.78 is 259. The quantitative estimate of drug-likeness (QED) is 0.223. The van der Waals surface area contributed by atoms with Crippen molar-refractivity contribution in [2.24, 2.45) is 0 Å². The van der Waals surface area contributed by atoms with Gasteiger partial charge in [-0.3, -0.25) is 0 Å². The average Bonchev–Trinajstić information content (AvgIpc) is 2.39. The van der Waals surface area contributed by atoms with E-state index in [1.165, 1.54) is 0 Å². The van der Waals surface area contributed by atoms with Crippen molar-refractivity contribution in [2.75, 3.05) is 0 Å². The highest BCUT2D eigenvalue weighted by atomic mass is 33.0. The van der Waals surface area contributed by atoms with Crippen molar-refractivity contribution in [1.29, 1.82) is 0 Å². The Hall–Kier alpha value is 0.320. The predicted molar refractivity (Wildman–Crippen MR) is 71.7 cm³/mol. The zero-order valence-electron chi connectivity index (χ0n) is 13.3. The Morgan fingerprint density at radius 2 is 0.312 bits per heavy atom. The number of alkyl halides is 20. The molecule has 0 atom stereocenters. The minimum absolute atomic E-state index is 6.43. The van der Waals surface area contributed by atoms with Gasteiger partial charge < -0.3 is 0 Å². The second-order valence-corrected chi connectivity index (χ2v) is 23.3. The van der Waals surface area contributed by atoms with Gasteiger partial charge in [0.1, 0.15) is 0 Å². The topological polar surface area (TPSA) is 0 Å². The molecule has 1 aliphatic heterocycles. The molecule has 1 heterocycles. The van der Waals surface area contributed by atoms with E-state index in [0.717, 1.165) is 0 Å². The molecular formula is C8F20P4. The lowest BCUT2D eigenvalue weighted by atomic mass is 10.7. The fourth-order valence-corrected chi connectivity index (χ4v) is 39.4. The highest BCUT2D eigenvalue weighted by Crippen LogP contribution is 3.29. The molecule has 0 radical (unpaired) electrons. The molecule has 0 amide bonds. The van der Waals surface area contributed by atoms with Crippen LogP contribution >= 0.6 is 29.2 Å². The minimum atomic E-state index is -7.43. The van der Waals surface area contributed by atoms with Crippen molar-refractivity contribution < 1.29 is 87.8 Å². The van der Waals surface area contributed by atoms with Crippen LogP contribution in [0.1, 0.15) is 0 Å². The molecule has 0 nitrogen and oxygen atoms in total. The Bertz CT molecular complexity index is 568. The summed E-state index contributed by atoms with van der Waals surface area (Å²) in [4.78, 5) is 0. The standard InChI is InChI=1S/C8F20P4/c9-1(10,11)5(21,22)29-30(6(23,24)2(12,13)14)32(8(27,28)4(18,19)20)31(29)7(25,26)3(15,16)17. The minimum Gasteiger partial charge on any atom is -0.191 e. The molecule has 0 bridgehead atoms. The van der Waals surface area contributed by atoms with Crippen molar-refractivity contribution in [3.8, 4) is 0 Å². The van der Waals surface area contributed by atoms with Gasteiger partial charge in [0.2, 0.25) is 0 Å². The van der Waals surface area contributed by atoms with Gasteiger partial charge in [-0.1, -0.05) is 0 Å². The molecule has 32 heavy (non-hydrogen) atoms. The van der Waals surface area contributed by atoms with E-state index in [2.05, 4.69) is 0 Å². The zero-order valence-corrected chi connectivity index (χ0v) is 16.9. The Labute approximate surface area is 165 Å². The Morgan fingerprint density at radius 1 is 0.219 bits per heavy atom. The fraction of sp³-hybridized carbons (Fsp3) is 1.00. The summed E-state index contributed by atoms with van der Waals surface area (Å²) in [6.45, 7) is 0. The van der Waals surface area contributed by atoms with Gasteiger partial charge in [0, 0.05) is 0 Å². The molecule has 1 rings (SSSR count). The molecule has 1 aliphatic rings. The Balaban J connectivity index is 4.05. The van der Waals surface area contributed by atoms with Crippen LogP contribution in [0.4, 0.5) is 87.8 Å². The van der Waals surface area contributed by atoms with Gasteiger partial charge in [-0.2, -0.15) is 87.8 Å². The molecule has 0 aliphatic carbocycles. The first-order valence-corrected chi connectivity index (χ1v) is 14.7. The van der Waals surface area contributed by atoms with Gasteiger partial charge in [-0.25, -0.2) is 0 Å². The third kappa shape index (κ3) is 4.47. The Kier molecular flexibility index (Phi) is 7.51. The van der Waals surface area contributed by atoms with Gasteiger partial charge in [-0.15, -0.1) is 0 Å². The number of hydrogen-bond acceptors (Lipinski definition) is 0. The van der Waals surface area contributed by atoms with Crippen LogP contribution in [0.3, 0.4) is 0 Å². The largest absolute Gasteiger partial charge is 0.458 e. The molecule has 0 aromatic heterocycles. The first-order chi connectivity index (χ1) is 13.5. The lowest BCUT2D eigenvalue weighted by Crippen LogP contribution is -2.47. The van der Waals surface area contributed by atoms with Crippen molar-refractivity contribution in [3.63, 3.8) is 0 Å². The summed E-state index contributed by atoms with van der Waals surface area (Å²) in [5.74, 6) is 0. The molecule has 0 aromatic rings. The molecule has 1 fully saturated rings. The van der Waals surface area contributed by atoms with Crippen LogP contribution < -0.4 is 0 Å². The van der Waals surface area contributed by atoms with Crippen LogP contribution in [0, 0.1) is 0 Å². The molecule has 192 valence electrons. The summed E-state index contributed by atoms with van der Waals surface area (Å²) in [7, 11) is -25.7. The lowest BCUT2D eigenvalue weighted by molar-refractivity contribution is -0.246. The van der Waals surface area contributed by atoms with Crippen LogP contribution in [0.15, 0.2) is 0 Å². The zero-order chi connectivity index (χ0) is 26.3. The van der Waals surface area contributed by atoms with Crippen molar-refractivity contribution in [3.05, 3.63) is 0 Å². The highest BCUT2D eigenvalue weighted by Gasteiger charge is 2.91. The van der Waals surface area contributed by atoms with Crippen molar-refractivity contribution in [1.82, 2.24) is 0 Å². The fourth-order valence-electron chi connectivity index (χ4n) is 1.69. The third-order valence-electron chi connectivity index (χ3n) is 3.09. The summed E-state index contributed by atoms with van der Waals surface area (Å²) in [5, 5.41) is 0. The summed E-state index contributed by atoms with van der Waals surface area (Å²) in [6, 6.07) is 0. The molecule has 0 aromatic carbocycles. The SMILES string of the molecule is FC(F)(F)C(F)(F)P1P(C(F)(F)C(F)(F)F)P(C(F)(F)C(F)(F)F)P1C(F)(F)C(F)(F)F. The van der Waals surface area contributed by atoms with E-state index in [-0.39, 0.29) is 0 Å². The first kappa shape index (κ1) is 30.4. The summed E-state index contributed by atoms with van der Waals surface area (Å²) in [6.07, 6.45) is -29.7. The normalized spacial score (nSPS) is 27.4. The van der Waals surface area contributed by atoms with E-state index < -0.39 is 76.6 Å². The van der Waals surface area contributed by atoms with Gasteiger partial charge in [0.05, 0.1) is 29.2 Å². The van der Waals surface area contributed by atoms with E-state index in [4.69, 9.17) is 0 Å². The van der Waals surface area contributed by atoms with Gasteiger partial charge in [0.25, 0.3) is 0 Å². The molecule has 0 N–H and O–H groups in total. The molecule has 0 saturated carbocycles. The maximum Gasteiger partial charge on any atom is 0.458 e. The maximum atomic E-state index is 13.6. The van der Waals surface area contributed by atoms with Crippen LogP contribution in [-0.4, -0.2) is 47.4 Å². The first-order valence-electron chi connectivity index (χ1n) is 6.47. The van der Waals surface area contributed by atoms with Gasteiger partial charge in [0.15, 0.2) is 0 Å². The highest BCUT2D eigenvalue weighted by molar-refractivity contribution is 9.09. The molecule has 0 spiro atoms. The Morgan fingerprint density at radius 3 is 0.375 bits per heavy atom. The smallest absolute Gasteiger partial charge is 0.191 e. The van der Waals surface area contributed by atoms with Crippen LogP contribution in [0.2, 0.25) is 0 Å². The lowest BCUT2D eigenvalue weighted by Gasteiger charge is -2.59. The molecule has 0 unspecified atom stereocenters. The summed E-state index contributed by atoms with van der Waals surface area (Å²) in [5.41, 5.74) is -29.1. The molecule has 1 saturated heterocycles. The van der Waals surface area contributed by atoms with Crippen molar-refractivity contribution in [2.45, 2.75) is 47.4 Å². The third-order valence-corrected chi connectivity index (χ3v) is 35.8. The number of rotatable bonds is 4. The maximum absolute atomic E-state index is 13.6. The van der Waals surface area contributed by atoms with Crippen LogP contribution in [0.25, 0.3) is 0 Å². The number of halogens is 20. The van der Waals surface area contributed by atoms with Crippen molar-refractivity contribution >= 4 is 29.2 Å². The van der Waals surface area contributed by atoms with E-state index in [0.29, 0.717) is 0 Å². The molecule has 24 heteroatoms. The molecular weight excluding hydrogens is 600 g/mol.